The molecule has 1 aliphatic carbocycles. The minimum Gasteiger partial charge on any atom is -0.507 e. The fraction of sp³-hybridized carbons (Fsp3) is 0.157. The van der Waals surface area contributed by atoms with Gasteiger partial charge >= 0.3 is 0 Å². The first kappa shape index (κ1) is 35.1. The van der Waals surface area contributed by atoms with Crippen LogP contribution in [0.3, 0.4) is 0 Å². The van der Waals surface area contributed by atoms with E-state index in [0.717, 1.165) is 121 Å². The van der Waals surface area contributed by atoms with Gasteiger partial charge in [-0.05, 0) is 126 Å². The fourth-order valence-electron chi connectivity index (χ4n) is 8.21. The molecule has 0 saturated heterocycles. The maximum absolute atomic E-state index is 12.2. The van der Waals surface area contributed by atoms with E-state index in [0.29, 0.717) is 11.1 Å². The molecule has 7 aromatic rings. The molecule has 0 amide bonds. The Labute approximate surface area is 327 Å². The van der Waals surface area contributed by atoms with Gasteiger partial charge in [-0.15, -0.1) is 0 Å². The average molecular weight is 732 g/mol. The number of aromatic hydroxyl groups is 2. The van der Waals surface area contributed by atoms with Crippen LogP contribution in [-0.2, 0) is 12.8 Å². The van der Waals surface area contributed by atoms with Crippen LogP contribution in [0.15, 0.2) is 115 Å². The Hall–Kier alpha value is -6.59. The van der Waals surface area contributed by atoms with Gasteiger partial charge in [-0.25, -0.2) is 4.98 Å². The van der Waals surface area contributed by atoms with Gasteiger partial charge < -0.3 is 20.2 Å². The molecule has 2 aliphatic rings. The van der Waals surface area contributed by atoms with Crippen molar-refractivity contribution in [3.63, 3.8) is 0 Å². The van der Waals surface area contributed by atoms with Crippen molar-refractivity contribution in [2.45, 2.75) is 52.4 Å². The van der Waals surface area contributed by atoms with Gasteiger partial charge in [0.15, 0.2) is 0 Å². The number of aromatic nitrogens is 3. The molecule has 4 N–H and O–H groups in total. The molecule has 0 spiro atoms. The number of unbranched alkanes of at least 4 members (excludes halogenated alkanes) is 2. The number of aromatic amines is 2. The smallest absolute Gasteiger partial charge is 0.134 e. The fourth-order valence-corrected chi connectivity index (χ4v) is 8.21. The monoisotopic (exact) mass is 731 g/mol. The zero-order valence-corrected chi connectivity index (χ0v) is 31.9. The molecule has 5 heteroatoms. The number of phenolic OH excluding ortho intramolecular Hbond substituents is 2. The van der Waals surface area contributed by atoms with Crippen molar-refractivity contribution in [3.05, 3.63) is 149 Å². The van der Waals surface area contributed by atoms with E-state index in [9.17, 15) is 10.2 Å². The van der Waals surface area contributed by atoms with E-state index in [1.54, 1.807) is 0 Å². The lowest BCUT2D eigenvalue weighted by molar-refractivity contribution is 0.486. The van der Waals surface area contributed by atoms with Crippen molar-refractivity contribution in [2.24, 2.45) is 0 Å². The van der Waals surface area contributed by atoms with Gasteiger partial charge in [-0.2, -0.15) is 0 Å². The molecule has 3 aromatic heterocycles. The zero-order chi connectivity index (χ0) is 38.2. The van der Waals surface area contributed by atoms with Crippen LogP contribution in [-0.4, -0.2) is 25.2 Å². The van der Waals surface area contributed by atoms with Crippen molar-refractivity contribution in [1.82, 2.24) is 15.0 Å². The third kappa shape index (κ3) is 6.49. The molecule has 0 unspecified atom stereocenters. The normalized spacial score (nSPS) is 12.2. The highest BCUT2D eigenvalue weighted by Crippen LogP contribution is 2.40. The van der Waals surface area contributed by atoms with E-state index in [2.05, 4.69) is 127 Å². The average Bonchev–Trinajstić information content (AvgIpc) is 4.07. The summed E-state index contributed by atoms with van der Waals surface area (Å²) in [5.74, 6) is 0.447. The maximum Gasteiger partial charge on any atom is 0.134 e. The van der Waals surface area contributed by atoms with Crippen LogP contribution in [0.1, 0.15) is 73.2 Å². The first-order valence-electron chi connectivity index (χ1n) is 19.9. The Bertz CT molecular complexity index is 2700. The largest absolute Gasteiger partial charge is 0.507 e. The predicted molar refractivity (Wildman–Crippen MR) is 236 cm³/mol. The third-order valence-electron chi connectivity index (χ3n) is 11.1. The summed E-state index contributed by atoms with van der Waals surface area (Å²) in [5, 5.41) is 27.3. The quantitative estimate of drug-likeness (QED) is 0.126. The standard InChI is InChI=1S/C51H45N3O2/c1-3-5-13-32-27-38-36-19-20-37(31-36)48(34-15-9-7-10-16-34)45-24-21-43(52-45)40-29-33(14-6-4-2)30-41(51(40)56)44-23-26-47(54-44)49(35-17-11-8-12-18-35)46-25-22-42(53-46)39(28-32)50(38)55/h7-12,15-31,52-53,55-56H,3-6,13-14H2,1-2H3. The number of rotatable bonds is 8. The molecule has 0 atom stereocenters. The van der Waals surface area contributed by atoms with E-state index < -0.39 is 0 Å². The van der Waals surface area contributed by atoms with Gasteiger partial charge in [-0.1, -0.05) is 99.5 Å². The van der Waals surface area contributed by atoms with Crippen molar-refractivity contribution in [2.75, 3.05) is 0 Å². The Morgan fingerprint density at radius 1 is 0.464 bits per heavy atom. The number of H-pyrrole nitrogens is 2. The Morgan fingerprint density at radius 3 is 1.55 bits per heavy atom. The van der Waals surface area contributed by atoms with Gasteiger partial charge in [0.05, 0.1) is 11.4 Å². The summed E-state index contributed by atoms with van der Waals surface area (Å²) in [7, 11) is 0. The van der Waals surface area contributed by atoms with Gasteiger partial charge in [0.1, 0.15) is 11.5 Å². The number of nitrogens with zero attached hydrogens (tertiary/aromatic N) is 1. The molecule has 0 fully saturated rings. The first-order valence-corrected chi connectivity index (χ1v) is 19.9. The second kappa shape index (κ2) is 14.9. The van der Waals surface area contributed by atoms with Crippen LogP contribution >= 0.6 is 0 Å². The number of phenols is 2. The number of benzene rings is 4. The minimum absolute atomic E-state index is 0.200. The zero-order valence-electron chi connectivity index (χ0n) is 31.9. The van der Waals surface area contributed by atoms with Crippen LogP contribution in [0, 0.1) is 0 Å². The molecular weight excluding hydrogens is 687 g/mol. The van der Waals surface area contributed by atoms with Crippen molar-refractivity contribution < 1.29 is 10.2 Å². The van der Waals surface area contributed by atoms with E-state index in [1.165, 1.54) is 5.56 Å². The third-order valence-corrected chi connectivity index (χ3v) is 11.1. The van der Waals surface area contributed by atoms with Gasteiger partial charge in [-0.3, -0.25) is 0 Å². The summed E-state index contributed by atoms with van der Waals surface area (Å²) >= 11 is 0. The van der Waals surface area contributed by atoms with Crippen LogP contribution < -0.4 is 0 Å². The van der Waals surface area contributed by atoms with Crippen LogP contribution in [0.25, 0.3) is 90.2 Å². The number of aryl methyl sites for hydroxylation is 2. The molecule has 4 heterocycles. The highest BCUT2D eigenvalue weighted by Gasteiger charge is 2.17. The number of hydrogen-bond donors (Lipinski definition) is 4. The van der Waals surface area contributed by atoms with Crippen molar-refractivity contribution in [1.29, 1.82) is 0 Å². The second-order valence-electron chi connectivity index (χ2n) is 14.9. The summed E-state index contributed by atoms with van der Waals surface area (Å²) in [6.07, 6.45) is 14.4. The number of hydrogen-bond acceptors (Lipinski definition) is 3. The van der Waals surface area contributed by atoms with Gasteiger partial charge in [0.25, 0.3) is 0 Å². The SMILES string of the molecule is CCCCc1cc2c3cc(c(-c4ccccc4)c4ccc([nH]4)c4cc(CCCC)cc(c5nc(c(-c6ccccc6)c6ccc([nH]6)c(c1)c2O)C=C5)c4O)C=C3. The Balaban J connectivity index is 1.47. The summed E-state index contributed by atoms with van der Waals surface area (Å²) in [6, 6.07) is 39.7. The first-order chi connectivity index (χ1) is 27.5. The minimum atomic E-state index is 0.200. The lowest BCUT2D eigenvalue weighted by atomic mass is 10.00. The molecule has 0 saturated carbocycles. The van der Waals surface area contributed by atoms with E-state index in [-0.39, 0.29) is 11.5 Å². The van der Waals surface area contributed by atoms with Gasteiger partial charge in [0, 0.05) is 54.7 Å². The topological polar surface area (TPSA) is 84.9 Å². The summed E-state index contributed by atoms with van der Waals surface area (Å²) in [5.41, 5.74) is 13.4. The highest BCUT2D eigenvalue weighted by molar-refractivity contribution is 6.03. The van der Waals surface area contributed by atoms with E-state index in [4.69, 9.17) is 4.98 Å². The lowest BCUT2D eigenvalue weighted by Crippen LogP contribution is -1.89. The molecule has 5 nitrogen and oxygen atoms in total. The van der Waals surface area contributed by atoms with Crippen LogP contribution in [0.4, 0.5) is 0 Å². The molecule has 12 bridgehead atoms. The summed E-state index contributed by atoms with van der Waals surface area (Å²) in [6.45, 7) is 4.41. The molecule has 9 rings (SSSR count). The van der Waals surface area contributed by atoms with Crippen molar-refractivity contribution >= 4 is 67.9 Å². The molecular formula is C51H45N3O2. The van der Waals surface area contributed by atoms with Gasteiger partial charge in [0.2, 0.25) is 0 Å². The van der Waals surface area contributed by atoms with Crippen LogP contribution in [0.2, 0.25) is 0 Å². The number of nitrogens with one attached hydrogen (secondary N) is 2. The molecule has 4 aromatic carbocycles. The maximum atomic E-state index is 12.2. The van der Waals surface area contributed by atoms with E-state index >= 15 is 0 Å². The van der Waals surface area contributed by atoms with E-state index in [1.807, 2.05) is 36.4 Å². The van der Waals surface area contributed by atoms with Crippen LogP contribution in [0.5, 0.6) is 11.5 Å². The van der Waals surface area contributed by atoms with Crippen molar-refractivity contribution in [3.8, 4) is 33.8 Å². The number of fused-ring (bicyclic) bond motifs is 16. The molecule has 56 heavy (non-hydrogen) atoms. The second-order valence-corrected chi connectivity index (χ2v) is 14.9. The predicted octanol–water partition coefficient (Wildman–Crippen LogP) is 13.6. The summed E-state index contributed by atoms with van der Waals surface area (Å²) < 4.78 is 0. The molecule has 0 radical (unpaired) electrons. The Kier molecular flexibility index (Phi) is 9.36. The summed E-state index contributed by atoms with van der Waals surface area (Å²) in [4.78, 5) is 12.7. The molecule has 1 aliphatic heterocycles. The molecule has 276 valence electrons. The highest BCUT2D eigenvalue weighted by atomic mass is 16.3. The lowest BCUT2D eigenvalue weighted by Gasteiger charge is -2.08. The Morgan fingerprint density at radius 2 is 0.946 bits per heavy atom.